The number of nitrogens with two attached hydrogens (primary N) is 1. The van der Waals surface area contributed by atoms with E-state index in [4.69, 9.17) is 10.3 Å². The highest BCUT2D eigenvalue weighted by Gasteiger charge is 2.13. The second-order valence-electron chi connectivity index (χ2n) is 3.93. The first-order valence-electron chi connectivity index (χ1n) is 4.75. The van der Waals surface area contributed by atoms with Gasteiger partial charge in [-0.05, 0) is 24.5 Å². The summed E-state index contributed by atoms with van der Waals surface area (Å²) in [5.74, 6) is 0.374. The standard InChI is InChI=1S/C11H14N2O/c1-6(2)11-10-7(3)4-8(12)5-9(10)14-13-11/h4-6H,12H2,1-3H3. The Labute approximate surface area is 82.9 Å². The largest absolute Gasteiger partial charge is 0.399 e. The number of rotatable bonds is 1. The Balaban J connectivity index is 2.79. The second kappa shape index (κ2) is 3.01. The Morgan fingerprint density at radius 3 is 2.71 bits per heavy atom. The van der Waals surface area contributed by atoms with Gasteiger partial charge in [-0.3, -0.25) is 0 Å². The molecule has 3 nitrogen and oxygen atoms in total. The normalized spacial score (nSPS) is 11.4. The molecule has 0 saturated heterocycles. The van der Waals surface area contributed by atoms with E-state index in [0.29, 0.717) is 5.92 Å². The second-order valence-corrected chi connectivity index (χ2v) is 3.93. The van der Waals surface area contributed by atoms with Gasteiger partial charge in [0, 0.05) is 17.1 Å². The molecule has 74 valence electrons. The maximum atomic E-state index is 5.72. The molecule has 0 aliphatic rings. The molecule has 0 amide bonds. The minimum absolute atomic E-state index is 0.374. The van der Waals surface area contributed by atoms with E-state index in [2.05, 4.69) is 19.0 Å². The van der Waals surface area contributed by atoms with E-state index in [-0.39, 0.29) is 0 Å². The Morgan fingerprint density at radius 2 is 2.07 bits per heavy atom. The fourth-order valence-corrected chi connectivity index (χ4v) is 1.72. The van der Waals surface area contributed by atoms with Crippen LogP contribution in [0.15, 0.2) is 16.7 Å². The number of aryl methyl sites for hydroxylation is 1. The summed E-state index contributed by atoms with van der Waals surface area (Å²) in [5, 5.41) is 5.17. The first kappa shape index (κ1) is 9.06. The fourth-order valence-electron chi connectivity index (χ4n) is 1.72. The maximum Gasteiger partial charge on any atom is 0.169 e. The molecule has 2 N–H and O–H groups in total. The number of nitrogens with zero attached hydrogens (tertiary/aromatic N) is 1. The third-order valence-corrected chi connectivity index (χ3v) is 2.37. The van der Waals surface area contributed by atoms with Crippen LogP contribution >= 0.6 is 0 Å². The van der Waals surface area contributed by atoms with E-state index in [1.165, 1.54) is 0 Å². The summed E-state index contributed by atoms with van der Waals surface area (Å²) in [4.78, 5) is 0. The van der Waals surface area contributed by atoms with Crippen molar-refractivity contribution in [1.29, 1.82) is 0 Å². The lowest BCUT2D eigenvalue weighted by Crippen LogP contribution is -1.90. The lowest BCUT2D eigenvalue weighted by atomic mass is 10.0. The Bertz CT molecular complexity index is 471. The highest BCUT2D eigenvalue weighted by atomic mass is 16.5. The Hall–Kier alpha value is -1.51. The molecule has 1 aromatic carbocycles. The number of hydrogen-bond donors (Lipinski definition) is 1. The van der Waals surface area contributed by atoms with Crippen LogP contribution in [0.25, 0.3) is 11.0 Å². The van der Waals surface area contributed by atoms with Crippen molar-refractivity contribution < 1.29 is 4.52 Å². The topological polar surface area (TPSA) is 52.0 Å². The number of anilines is 1. The minimum Gasteiger partial charge on any atom is -0.399 e. The first-order valence-corrected chi connectivity index (χ1v) is 4.75. The molecule has 2 rings (SSSR count). The molecule has 0 bridgehead atoms. The molecule has 0 fully saturated rings. The van der Waals surface area contributed by atoms with Gasteiger partial charge < -0.3 is 10.3 Å². The summed E-state index contributed by atoms with van der Waals surface area (Å²) in [6.07, 6.45) is 0. The van der Waals surface area contributed by atoms with Crippen molar-refractivity contribution in [3.05, 3.63) is 23.4 Å². The molecule has 1 aromatic heterocycles. The number of nitrogen functional groups attached to an aromatic ring is 1. The number of hydrogen-bond acceptors (Lipinski definition) is 3. The summed E-state index contributed by atoms with van der Waals surface area (Å²) in [6.45, 7) is 6.24. The van der Waals surface area contributed by atoms with Gasteiger partial charge in [-0.2, -0.15) is 0 Å². The lowest BCUT2D eigenvalue weighted by Gasteiger charge is -2.02. The van der Waals surface area contributed by atoms with Gasteiger partial charge in [-0.1, -0.05) is 19.0 Å². The van der Waals surface area contributed by atoms with Crippen molar-refractivity contribution >= 4 is 16.7 Å². The van der Waals surface area contributed by atoms with Gasteiger partial charge in [-0.15, -0.1) is 0 Å². The van der Waals surface area contributed by atoms with Crippen LogP contribution in [0.4, 0.5) is 5.69 Å². The van der Waals surface area contributed by atoms with Crippen molar-refractivity contribution in [2.24, 2.45) is 0 Å². The molecule has 0 aliphatic carbocycles. The molecule has 0 saturated carbocycles. The molecule has 0 unspecified atom stereocenters. The quantitative estimate of drug-likeness (QED) is 0.703. The van der Waals surface area contributed by atoms with Crippen LogP contribution in [0.3, 0.4) is 0 Å². The van der Waals surface area contributed by atoms with Crippen LogP contribution in [0.2, 0.25) is 0 Å². The lowest BCUT2D eigenvalue weighted by molar-refractivity contribution is 0.441. The van der Waals surface area contributed by atoms with Gasteiger partial charge >= 0.3 is 0 Å². The fraction of sp³-hybridized carbons (Fsp3) is 0.364. The van der Waals surface area contributed by atoms with Crippen molar-refractivity contribution in [2.75, 3.05) is 5.73 Å². The monoisotopic (exact) mass is 190 g/mol. The zero-order valence-electron chi connectivity index (χ0n) is 8.66. The van der Waals surface area contributed by atoms with E-state index in [1.807, 2.05) is 19.1 Å². The Morgan fingerprint density at radius 1 is 1.36 bits per heavy atom. The molecule has 0 aliphatic heterocycles. The van der Waals surface area contributed by atoms with E-state index in [0.717, 1.165) is 27.9 Å². The molecule has 14 heavy (non-hydrogen) atoms. The number of benzene rings is 1. The number of aromatic nitrogens is 1. The first-order chi connectivity index (χ1) is 6.59. The third kappa shape index (κ3) is 1.25. The van der Waals surface area contributed by atoms with Crippen LogP contribution in [-0.2, 0) is 0 Å². The minimum atomic E-state index is 0.374. The van der Waals surface area contributed by atoms with E-state index in [9.17, 15) is 0 Å². The van der Waals surface area contributed by atoms with Crippen molar-refractivity contribution in [2.45, 2.75) is 26.7 Å². The highest BCUT2D eigenvalue weighted by molar-refractivity contribution is 5.86. The van der Waals surface area contributed by atoms with Crippen molar-refractivity contribution in [3.8, 4) is 0 Å². The van der Waals surface area contributed by atoms with Crippen LogP contribution < -0.4 is 5.73 Å². The average molecular weight is 190 g/mol. The molecular weight excluding hydrogens is 176 g/mol. The SMILES string of the molecule is Cc1cc(N)cc2onc(C(C)C)c12. The summed E-state index contributed by atoms with van der Waals surface area (Å²) in [5.41, 5.74) is 9.37. The maximum absolute atomic E-state index is 5.72. The van der Waals surface area contributed by atoms with E-state index in [1.54, 1.807) is 0 Å². The molecule has 2 aromatic rings. The van der Waals surface area contributed by atoms with Crippen molar-refractivity contribution in [3.63, 3.8) is 0 Å². The Kier molecular flexibility index (Phi) is 1.95. The summed E-state index contributed by atoms with van der Waals surface area (Å²) in [7, 11) is 0. The van der Waals surface area contributed by atoms with Gasteiger partial charge in [0.15, 0.2) is 5.58 Å². The zero-order chi connectivity index (χ0) is 10.3. The molecular formula is C11H14N2O. The third-order valence-electron chi connectivity index (χ3n) is 2.37. The van der Waals surface area contributed by atoms with Crippen LogP contribution in [0.5, 0.6) is 0 Å². The van der Waals surface area contributed by atoms with Gasteiger partial charge in [0.05, 0.1) is 5.69 Å². The zero-order valence-corrected chi connectivity index (χ0v) is 8.66. The van der Waals surface area contributed by atoms with Gasteiger partial charge in [0.1, 0.15) is 0 Å². The summed E-state index contributed by atoms with van der Waals surface area (Å²) in [6, 6.07) is 3.77. The van der Waals surface area contributed by atoms with Crippen LogP contribution in [0, 0.1) is 6.92 Å². The van der Waals surface area contributed by atoms with Crippen LogP contribution in [-0.4, -0.2) is 5.16 Å². The van der Waals surface area contributed by atoms with Crippen molar-refractivity contribution in [1.82, 2.24) is 5.16 Å². The molecule has 0 spiro atoms. The molecule has 1 heterocycles. The van der Waals surface area contributed by atoms with Gasteiger partial charge in [0.2, 0.25) is 0 Å². The smallest absolute Gasteiger partial charge is 0.169 e. The summed E-state index contributed by atoms with van der Waals surface area (Å²) < 4.78 is 5.24. The molecule has 3 heteroatoms. The van der Waals surface area contributed by atoms with Gasteiger partial charge in [-0.25, -0.2) is 0 Å². The number of fused-ring (bicyclic) bond motifs is 1. The predicted octanol–water partition coefficient (Wildman–Crippen LogP) is 2.84. The van der Waals surface area contributed by atoms with Gasteiger partial charge in [0.25, 0.3) is 0 Å². The van der Waals surface area contributed by atoms with E-state index >= 15 is 0 Å². The van der Waals surface area contributed by atoms with E-state index < -0.39 is 0 Å². The molecule has 0 radical (unpaired) electrons. The predicted molar refractivity (Wildman–Crippen MR) is 57.2 cm³/mol. The molecule has 0 atom stereocenters. The highest BCUT2D eigenvalue weighted by Crippen LogP contribution is 2.29. The summed E-state index contributed by atoms with van der Waals surface area (Å²) >= 11 is 0. The average Bonchev–Trinajstić information content (AvgIpc) is 2.47. The van der Waals surface area contributed by atoms with Crippen LogP contribution in [0.1, 0.15) is 31.0 Å².